The van der Waals surface area contributed by atoms with Crippen molar-refractivity contribution in [1.29, 1.82) is 0 Å². The van der Waals surface area contributed by atoms with Gasteiger partial charge < -0.3 is 5.32 Å². The van der Waals surface area contributed by atoms with Crippen molar-refractivity contribution in [3.05, 3.63) is 0 Å². The highest BCUT2D eigenvalue weighted by Gasteiger charge is 2.31. The van der Waals surface area contributed by atoms with Gasteiger partial charge in [0.1, 0.15) is 0 Å². The number of nitrogens with one attached hydrogen (secondary N) is 2. The summed E-state index contributed by atoms with van der Waals surface area (Å²) in [6.07, 6.45) is 6.51. The summed E-state index contributed by atoms with van der Waals surface area (Å²) >= 11 is 0. The molecule has 0 aromatic carbocycles. The van der Waals surface area contributed by atoms with E-state index in [1.54, 1.807) is 0 Å². The van der Waals surface area contributed by atoms with E-state index in [4.69, 9.17) is 0 Å². The number of carbonyl (C=O) groups excluding carboxylic acids is 3. The number of piperidine rings is 1. The molecule has 1 unspecified atom stereocenters. The average molecular weight is 281 g/mol. The largest absolute Gasteiger partial charge is 0.352 e. The Morgan fingerprint density at radius 2 is 1.90 bits per heavy atom. The van der Waals surface area contributed by atoms with E-state index in [9.17, 15) is 14.4 Å². The van der Waals surface area contributed by atoms with Crippen molar-refractivity contribution < 1.29 is 14.4 Å². The van der Waals surface area contributed by atoms with Gasteiger partial charge in [-0.2, -0.15) is 0 Å². The first-order valence-electron chi connectivity index (χ1n) is 7.41. The van der Waals surface area contributed by atoms with Crippen molar-refractivity contribution in [2.24, 2.45) is 0 Å². The molecule has 112 valence electrons. The number of rotatable bonds is 4. The Labute approximate surface area is 119 Å². The Hall–Kier alpha value is -1.43. The molecule has 1 saturated heterocycles. The summed E-state index contributed by atoms with van der Waals surface area (Å²) in [6, 6.07) is -0.140. The third-order valence-electron chi connectivity index (χ3n) is 4.13. The average Bonchev–Trinajstić information content (AvgIpc) is 2.45. The quantitative estimate of drug-likeness (QED) is 0.720. The summed E-state index contributed by atoms with van der Waals surface area (Å²) < 4.78 is 0. The highest BCUT2D eigenvalue weighted by atomic mass is 16.2. The molecule has 1 aliphatic carbocycles. The maximum absolute atomic E-state index is 11.8. The normalized spacial score (nSPS) is 24.9. The van der Waals surface area contributed by atoms with Crippen LogP contribution in [0.15, 0.2) is 0 Å². The summed E-state index contributed by atoms with van der Waals surface area (Å²) in [5.41, 5.74) is 0. The minimum Gasteiger partial charge on any atom is -0.352 e. The third kappa shape index (κ3) is 3.79. The summed E-state index contributed by atoms with van der Waals surface area (Å²) in [4.78, 5) is 36.2. The molecule has 1 heterocycles. The van der Waals surface area contributed by atoms with Gasteiger partial charge in [-0.05, 0) is 19.3 Å². The molecular weight excluding hydrogens is 258 g/mol. The van der Waals surface area contributed by atoms with Crippen molar-refractivity contribution >= 4 is 17.7 Å². The molecule has 2 aliphatic rings. The van der Waals surface area contributed by atoms with E-state index >= 15 is 0 Å². The lowest BCUT2D eigenvalue weighted by atomic mass is 9.95. The maximum Gasteiger partial charge on any atom is 0.246 e. The number of likely N-dealkylation sites (tertiary alicyclic amines) is 1. The second-order valence-electron chi connectivity index (χ2n) is 5.67. The molecule has 0 radical (unpaired) electrons. The Morgan fingerprint density at radius 1 is 1.20 bits per heavy atom. The van der Waals surface area contributed by atoms with Gasteiger partial charge in [0.15, 0.2) is 0 Å². The number of hydrogen-bond acceptors (Lipinski definition) is 4. The van der Waals surface area contributed by atoms with Gasteiger partial charge in [-0.25, -0.2) is 0 Å². The summed E-state index contributed by atoms with van der Waals surface area (Å²) in [5.74, 6) is -0.462. The summed E-state index contributed by atoms with van der Waals surface area (Å²) in [7, 11) is 1.49. The molecule has 1 aliphatic heterocycles. The first kappa shape index (κ1) is 15.0. The van der Waals surface area contributed by atoms with Gasteiger partial charge in [-0.15, -0.1) is 0 Å². The zero-order valence-corrected chi connectivity index (χ0v) is 12.0. The minimum atomic E-state index is -0.421. The molecule has 0 spiro atoms. The molecule has 0 aromatic rings. The van der Waals surface area contributed by atoms with Crippen LogP contribution in [0.3, 0.4) is 0 Å². The number of carbonyl (C=O) groups is 3. The van der Waals surface area contributed by atoms with E-state index < -0.39 is 6.04 Å². The molecule has 20 heavy (non-hydrogen) atoms. The molecule has 3 amide bonds. The fourth-order valence-corrected chi connectivity index (χ4v) is 2.85. The third-order valence-corrected chi connectivity index (χ3v) is 4.13. The van der Waals surface area contributed by atoms with Crippen LogP contribution >= 0.6 is 0 Å². The van der Waals surface area contributed by atoms with Gasteiger partial charge in [-0.1, -0.05) is 19.3 Å². The van der Waals surface area contributed by atoms with Gasteiger partial charge in [0.2, 0.25) is 17.7 Å². The molecule has 1 saturated carbocycles. The highest BCUT2D eigenvalue weighted by Crippen LogP contribution is 2.17. The van der Waals surface area contributed by atoms with Crippen LogP contribution in [-0.4, -0.2) is 48.3 Å². The minimum absolute atomic E-state index is 0.0655. The van der Waals surface area contributed by atoms with Crippen molar-refractivity contribution in [2.45, 2.75) is 57.0 Å². The Bertz CT molecular complexity index is 391. The summed E-state index contributed by atoms with van der Waals surface area (Å²) in [5, 5.41) is 5.96. The Balaban J connectivity index is 1.72. The zero-order valence-electron chi connectivity index (χ0n) is 12.0. The number of likely N-dealkylation sites (N-methyl/N-ethyl adjacent to an activating group) is 1. The topological polar surface area (TPSA) is 78.5 Å². The summed E-state index contributed by atoms with van der Waals surface area (Å²) in [6.45, 7) is 0.134. The molecule has 2 rings (SSSR count). The van der Waals surface area contributed by atoms with Crippen LogP contribution in [0.2, 0.25) is 0 Å². The van der Waals surface area contributed by atoms with E-state index in [0.29, 0.717) is 12.8 Å². The van der Waals surface area contributed by atoms with Crippen molar-refractivity contribution in [3.63, 3.8) is 0 Å². The second kappa shape index (κ2) is 6.83. The zero-order chi connectivity index (χ0) is 14.5. The van der Waals surface area contributed by atoms with E-state index in [-0.39, 0.29) is 30.3 Å². The molecule has 6 heteroatoms. The van der Waals surface area contributed by atoms with Gasteiger partial charge >= 0.3 is 0 Å². The van der Waals surface area contributed by atoms with E-state index in [2.05, 4.69) is 10.6 Å². The fourth-order valence-electron chi connectivity index (χ4n) is 2.85. The Morgan fingerprint density at radius 3 is 2.60 bits per heavy atom. The lowest BCUT2D eigenvalue weighted by Gasteiger charge is -2.28. The predicted molar refractivity (Wildman–Crippen MR) is 73.8 cm³/mol. The van der Waals surface area contributed by atoms with E-state index in [1.165, 1.54) is 26.3 Å². The standard InChI is InChI=1S/C14H23N3O3/c1-17-13(19)8-7-11(14(17)20)15-9-12(18)16-10-5-3-2-4-6-10/h10-11,15H,2-9H2,1H3,(H,16,18). The molecule has 0 aromatic heterocycles. The fraction of sp³-hybridized carbons (Fsp3) is 0.786. The first-order chi connectivity index (χ1) is 9.58. The van der Waals surface area contributed by atoms with E-state index in [1.807, 2.05) is 0 Å². The SMILES string of the molecule is CN1C(=O)CCC(NCC(=O)NC2CCCCC2)C1=O. The van der Waals surface area contributed by atoms with Crippen LogP contribution in [-0.2, 0) is 14.4 Å². The maximum atomic E-state index is 11.8. The van der Waals surface area contributed by atoms with Crippen molar-refractivity contribution in [1.82, 2.24) is 15.5 Å². The van der Waals surface area contributed by atoms with Gasteiger partial charge in [0, 0.05) is 19.5 Å². The van der Waals surface area contributed by atoms with Crippen LogP contribution in [0.4, 0.5) is 0 Å². The van der Waals surface area contributed by atoms with Crippen molar-refractivity contribution in [2.75, 3.05) is 13.6 Å². The van der Waals surface area contributed by atoms with Crippen LogP contribution < -0.4 is 10.6 Å². The van der Waals surface area contributed by atoms with Gasteiger partial charge in [0.05, 0.1) is 12.6 Å². The van der Waals surface area contributed by atoms with Crippen LogP contribution in [0.5, 0.6) is 0 Å². The molecule has 0 bridgehead atoms. The van der Waals surface area contributed by atoms with Gasteiger partial charge in [-0.3, -0.25) is 24.6 Å². The second-order valence-corrected chi connectivity index (χ2v) is 5.67. The number of nitrogens with zero attached hydrogens (tertiary/aromatic N) is 1. The molecule has 2 N–H and O–H groups in total. The van der Waals surface area contributed by atoms with Crippen LogP contribution in [0.1, 0.15) is 44.9 Å². The lowest BCUT2D eigenvalue weighted by molar-refractivity contribution is -0.148. The monoisotopic (exact) mass is 281 g/mol. The molecule has 2 fully saturated rings. The van der Waals surface area contributed by atoms with Crippen LogP contribution in [0, 0.1) is 0 Å². The van der Waals surface area contributed by atoms with Crippen LogP contribution in [0.25, 0.3) is 0 Å². The Kier molecular flexibility index (Phi) is 5.11. The number of amides is 3. The first-order valence-corrected chi connectivity index (χ1v) is 7.41. The predicted octanol–water partition coefficient (Wildman–Crippen LogP) is 0.172. The smallest absolute Gasteiger partial charge is 0.246 e. The van der Waals surface area contributed by atoms with Gasteiger partial charge in [0.25, 0.3) is 0 Å². The number of hydrogen-bond donors (Lipinski definition) is 2. The number of imide groups is 1. The van der Waals surface area contributed by atoms with Crippen molar-refractivity contribution in [3.8, 4) is 0 Å². The molecule has 1 atom stereocenters. The highest BCUT2D eigenvalue weighted by molar-refractivity contribution is 6.00. The molecular formula is C14H23N3O3. The lowest BCUT2D eigenvalue weighted by Crippen LogP contribution is -2.53. The molecule has 6 nitrogen and oxygen atoms in total. The van der Waals surface area contributed by atoms with E-state index in [0.717, 1.165) is 17.7 Å².